The first-order chi connectivity index (χ1) is 12.5. The molecule has 1 amide bonds. The van der Waals surface area contributed by atoms with Crippen LogP contribution in [0.4, 0.5) is 11.4 Å². The lowest BCUT2D eigenvalue weighted by atomic mass is 10.1. The zero-order valence-corrected chi connectivity index (χ0v) is 12.8. The predicted octanol–water partition coefficient (Wildman–Crippen LogP) is 1.54. The highest BCUT2D eigenvalue weighted by Crippen LogP contribution is 2.30. The minimum atomic E-state index is -0.877. The van der Waals surface area contributed by atoms with E-state index < -0.39 is 27.1 Å². The first kappa shape index (κ1) is 16.6. The topological polar surface area (TPSA) is 159 Å². The van der Waals surface area contributed by atoms with E-state index in [0.717, 1.165) is 16.9 Å². The molecule has 12 nitrogen and oxygen atoms in total. The number of nitro groups is 2. The second-order valence-electron chi connectivity index (χ2n) is 4.94. The van der Waals surface area contributed by atoms with E-state index in [2.05, 4.69) is 21.0 Å². The van der Waals surface area contributed by atoms with Gasteiger partial charge in [-0.25, -0.2) is 5.43 Å². The molecule has 0 atom stereocenters. The second-order valence-corrected chi connectivity index (χ2v) is 4.94. The number of benzene rings is 2. The van der Waals surface area contributed by atoms with Gasteiger partial charge in [0.25, 0.3) is 5.91 Å². The molecule has 0 radical (unpaired) electrons. The molecule has 1 N–H and O–H groups in total. The summed E-state index contributed by atoms with van der Waals surface area (Å²) in [6.07, 6.45) is 0. The normalized spacial score (nSPS) is 10.3. The number of nitrogens with one attached hydrogen (secondary N) is 1. The molecule has 1 aromatic heterocycles. The van der Waals surface area contributed by atoms with Crippen LogP contribution < -0.4 is 5.43 Å². The molecule has 0 spiro atoms. The lowest BCUT2D eigenvalue weighted by Gasteiger charge is -2.06. The summed E-state index contributed by atoms with van der Waals surface area (Å²) in [5.74, 6) is -0.525. The molecule has 0 saturated carbocycles. The van der Waals surface area contributed by atoms with E-state index >= 15 is 0 Å². The Balaban J connectivity index is 1.96. The minimum Gasteiger partial charge on any atom is -0.267 e. The van der Waals surface area contributed by atoms with Crippen LogP contribution in [0.3, 0.4) is 0 Å². The highest BCUT2D eigenvalue weighted by Gasteiger charge is 2.26. The highest BCUT2D eigenvalue weighted by atomic mass is 16.6. The largest absolute Gasteiger partial charge is 0.346 e. The number of carbonyl (C=O) groups excluding carboxylic acids is 1. The fraction of sp³-hybridized carbons (Fsp3) is 0. The number of aromatic nitrogens is 4. The van der Waals surface area contributed by atoms with Crippen LogP contribution in [-0.4, -0.2) is 36.1 Å². The smallest absolute Gasteiger partial charge is 0.267 e. The molecule has 0 fully saturated rings. The van der Waals surface area contributed by atoms with E-state index in [1.54, 1.807) is 30.3 Å². The fourth-order valence-corrected chi connectivity index (χ4v) is 2.16. The van der Waals surface area contributed by atoms with Gasteiger partial charge in [0.1, 0.15) is 0 Å². The second kappa shape index (κ2) is 6.72. The van der Waals surface area contributed by atoms with Gasteiger partial charge in [-0.15, -0.1) is 9.89 Å². The Morgan fingerprint density at radius 1 is 1.00 bits per heavy atom. The van der Waals surface area contributed by atoms with Gasteiger partial charge in [-0.05, 0) is 28.6 Å². The molecule has 1 heterocycles. The van der Waals surface area contributed by atoms with Gasteiger partial charge in [-0.3, -0.25) is 25.0 Å². The first-order valence-corrected chi connectivity index (χ1v) is 7.05. The monoisotopic (exact) mass is 355 g/mol. The van der Waals surface area contributed by atoms with Crippen LogP contribution in [0, 0.1) is 20.2 Å². The highest BCUT2D eigenvalue weighted by molar-refractivity contribution is 6.00. The third-order valence-electron chi connectivity index (χ3n) is 3.34. The Morgan fingerprint density at radius 3 is 2.35 bits per heavy atom. The maximum Gasteiger partial charge on any atom is 0.346 e. The van der Waals surface area contributed by atoms with E-state index in [-0.39, 0.29) is 11.4 Å². The summed E-state index contributed by atoms with van der Waals surface area (Å²) in [7, 11) is 0. The van der Waals surface area contributed by atoms with E-state index in [0.29, 0.717) is 5.56 Å². The zero-order chi connectivity index (χ0) is 18.7. The van der Waals surface area contributed by atoms with Crippen molar-refractivity contribution < 1.29 is 14.6 Å². The van der Waals surface area contributed by atoms with Crippen molar-refractivity contribution >= 4 is 17.3 Å². The van der Waals surface area contributed by atoms with Crippen molar-refractivity contribution in [3.8, 4) is 11.4 Å². The number of nitrogens with zero attached hydrogens (tertiary/aromatic N) is 6. The van der Waals surface area contributed by atoms with Gasteiger partial charge >= 0.3 is 11.4 Å². The van der Waals surface area contributed by atoms with Crippen LogP contribution >= 0.6 is 0 Å². The van der Waals surface area contributed by atoms with Gasteiger partial charge in [0, 0.05) is 23.3 Å². The van der Waals surface area contributed by atoms with Crippen LogP contribution in [-0.2, 0) is 0 Å². The van der Waals surface area contributed by atoms with Gasteiger partial charge in [0.2, 0.25) is 5.82 Å². The molecule has 26 heavy (non-hydrogen) atoms. The molecule has 0 bridgehead atoms. The van der Waals surface area contributed by atoms with Crippen molar-refractivity contribution in [2.75, 3.05) is 5.43 Å². The van der Waals surface area contributed by atoms with Crippen LogP contribution in [0.1, 0.15) is 10.4 Å². The molecule has 2 aromatic carbocycles. The molecule has 3 aromatic rings. The average molecular weight is 355 g/mol. The number of rotatable bonds is 5. The van der Waals surface area contributed by atoms with Crippen molar-refractivity contribution in [3.05, 3.63) is 74.3 Å². The molecule has 0 saturated heterocycles. The zero-order valence-electron chi connectivity index (χ0n) is 12.8. The molecule has 0 aliphatic rings. The van der Waals surface area contributed by atoms with Crippen molar-refractivity contribution in [1.29, 1.82) is 0 Å². The van der Waals surface area contributed by atoms with E-state index in [4.69, 9.17) is 0 Å². The number of carbonyl (C=O) groups is 1. The van der Waals surface area contributed by atoms with E-state index in [1.165, 1.54) is 6.07 Å². The Labute approximate surface area is 144 Å². The van der Waals surface area contributed by atoms with Crippen LogP contribution in [0.15, 0.2) is 48.5 Å². The summed E-state index contributed by atoms with van der Waals surface area (Å²) in [6.45, 7) is 0. The van der Waals surface area contributed by atoms with Crippen molar-refractivity contribution in [3.63, 3.8) is 0 Å². The summed E-state index contributed by atoms with van der Waals surface area (Å²) in [5.41, 5.74) is 1.53. The summed E-state index contributed by atoms with van der Waals surface area (Å²) in [5, 5.41) is 32.7. The molecule has 3 rings (SSSR count). The Bertz CT molecular complexity index is 1000. The van der Waals surface area contributed by atoms with Gasteiger partial charge < -0.3 is 0 Å². The van der Waals surface area contributed by atoms with E-state index in [1.807, 2.05) is 0 Å². The molecule has 0 aliphatic heterocycles. The lowest BCUT2D eigenvalue weighted by molar-refractivity contribution is -0.422. The Hall–Kier alpha value is -4.22. The predicted molar refractivity (Wildman–Crippen MR) is 86.7 cm³/mol. The minimum absolute atomic E-state index is 0.0210. The molecule has 0 unspecified atom stereocenters. The number of amides is 1. The maximum atomic E-state index is 12.2. The van der Waals surface area contributed by atoms with Crippen LogP contribution in [0.2, 0.25) is 0 Å². The van der Waals surface area contributed by atoms with Gasteiger partial charge in [-0.2, -0.15) is 0 Å². The number of tetrazole rings is 1. The molecule has 0 aliphatic carbocycles. The van der Waals surface area contributed by atoms with Crippen LogP contribution in [0.5, 0.6) is 0 Å². The number of nitro benzene ring substituents is 2. The molecular formula is C14H9N7O5. The molecular weight excluding hydrogens is 346 g/mol. The summed E-state index contributed by atoms with van der Waals surface area (Å²) in [6, 6.07) is 11.5. The molecule has 12 heteroatoms. The van der Waals surface area contributed by atoms with Crippen molar-refractivity contribution in [2.45, 2.75) is 0 Å². The van der Waals surface area contributed by atoms with Crippen LogP contribution in [0.25, 0.3) is 11.4 Å². The quantitative estimate of drug-likeness (QED) is 0.533. The Kier molecular flexibility index (Phi) is 4.30. The number of hydrogen-bond donors (Lipinski definition) is 1. The van der Waals surface area contributed by atoms with Gasteiger partial charge in [0.05, 0.1) is 9.85 Å². The Morgan fingerprint density at radius 2 is 1.69 bits per heavy atom. The number of hydrogen-bond acceptors (Lipinski definition) is 8. The average Bonchev–Trinajstić information content (AvgIpc) is 3.09. The van der Waals surface area contributed by atoms with Gasteiger partial charge in [0.15, 0.2) is 0 Å². The third kappa shape index (κ3) is 3.19. The molecule has 130 valence electrons. The standard InChI is InChI=1S/C14H9N7O5/c22-14(9-4-2-1-3-5-9)16-19-13(15-17-18-19)10-6-7-11(20(23)24)12(8-10)21(25)26/h1-8H,(H,16,22). The summed E-state index contributed by atoms with van der Waals surface area (Å²) >= 11 is 0. The fourth-order valence-electron chi connectivity index (χ4n) is 2.16. The van der Waals surface area contributed by atoms with Crippen molar-refractivity contribution in [2.24, 2.45) is 0 Å². The van der Waals surface area contributed by atoms with Crippen molar-refractivity contribution in [1.82, 2.24) is 20.3 Å². The van der Waals surface area contributed by atoms with Gasteiger partial charge in [-0.1, -0.05) is 18.2 Å². The first-order valence-electron chi connectivity index (χ1n) is 7.05. The van der Waals surface area contributed by atoms with E-state index in [9.17, 15) is 25.0 Å². The SMILES string of the molecule is O=C(Nn1nnnc1-c1ccc([N+](=O)[O-])c([N+](=O)[O-])c1)c1ccccc1. The summed E-state index contributed by atoms with van der Waals surface area (Å²) in [4.78, 5) is 33.3. The lowest BCUT2D eigenvalue weighted by Crippen LogP contribution is -2.24. The maximum absolute atomic E-state index is 12.2. The third-order valence-corrected chi connectivity index (χ3v) is 3.34. The summed E-state index contributed by atoms with van der Waals surface area (Å²) < 4.78 is 0.